The standard InChI is InChI=1S/C12H20N2O5/c1-8-6-14(7-9(8)11(17)19-2)12(18)13-5-3-4-10(15)16/h8-9H,3-7H2,1-2H3,(H,13,18)(H,15,16). The van der Waals surface area contributed by atoms with Gasteiger partial charge in [-0.2, -0.15) is 0 Å². The molecular weight excluding hydrogens is 252 g/mol. The number of carbonyl (C=O) groups is 3. The Morgan fingerprint density at radius 1 is 1.37 bits per heavy atom. The van der Waals surface area contributed by atoms with Crippen molar-refractivity contribution in [3.8, 4) is 0 Å². The van der Waals surface area contributed by atoms with Crippen molar-refractivity contribution < 1.29 is 24.2 Å². The summed E-state index contributed by atoms with van der Waals surface area (Å²) in [7, 11) is 1.34. The van der Waals surface area contributed by atoms with E-state index in [1.807, 2.05) is 6.92 Å². The number of hydrogen-bond donors (Lipinski definition) is 2. The van der Waals surface area contributed by atoms with Gasteiger partial charge in [-0.3, -0.25) is 9.59 Å². The van der Waals surface area contributed by atoms with Crippen molar-refractivity contribution in [3.05, 3.63) is 0 Å². The maximum Gasteiger partial charge on any atom is 0.317 e. The summed E-state index contributed by atoms with van der Waals surface area (Å²) < 4.78 is 4.69. The summed E-state index contributed by atoms with van der Waals surface area (Å²) in [5.41, 5.74) is 0. The van der Waals surface area contributed by atoms with Crippen LogP contribution >= 0.6 is 0 Å². The fourth-order valence-corrected chi connectivity index (χ4v) is 2.14. The van der Waals surface area contributed by atoms with E-state index < -0.39 is 5.97 Å². The summed E-state index contributed by atoms with van der Waals surface area (Å²) in [6.07, 6.45) is 0.423. The molecule has 2 atom stereocenters. The van der Waals surface area contributed by atoms with Crippen molar-refractivity contribution in [1.82, 2.24) is 10.2 Å². The highest BCUT2D eigenvalue weighted by atomic mass is 16.5. The van der Waals surface area contributed by atoms with E-state index in [9.17, 15) is 14.4 Å². The van der Waals surface area contributed by atoms with E-state index >= 15 is 0 Å². The minimum atomic E-state index is -0.880. The Balaban J connectivity index is 2.34. The summed E-state index contributed by atoms with van der Waals surface area (Å²) in [4.78, 5) is 35.2. The molecule has 0 aliphatic carbocycles. The molecule has 1 rings (SSSR count). The summed E-state index contributed by atoms with van der Waals surface area (Å²) in [6.45, 7) is 3.07. The highest BCUT2D eigenvalue weighted by Gasteiger charge is 2.37. The normalized spacial score (nSPS) is 22.1. The molecule has 2 N–H and O–H groups in total. The third-order valence-electron chi connectivity index (χ3n) is 3.25. The van der Waals surface area contributed by atoms with Crippen LogP contribution in [0, 0.1) is 11.8 Å². The Morgan fingerprint density at radius 3 is 2.63 bits per heavy atom. The highest BCUT2D eigenvalue weighted by Crippen LogP contribution is 2.23. The van der Waals surface area contributed by atoms with Crippen LogP contribution in [0.1, 0.15) is 19.8 Å². The molecule has 0 aromatic heterocycles. The zero-order valence-corrected chi connectivity index (χ0v) is 11.2. The molecule has 1 aliphatic rings. The van der Waals surface area contributed by atoms with Gasteiger partial charge in [-0.15, -0.1) is 0 Å². The third kappa shape index (κ3) is 4.42. The van der Waals surface area contributed by atoms with E-state index in [1.165, 1.54) is 7.11 Å². The molecule has 0 radical (unpaired) electrons. The Bertz CT molecular complexity index is 358. The minimum absolute atomic E-state index is 0.0292. The third-order valence-corrected chi connectivity index (χ3v) is 3.25. The van der Waals surface area contributed by atoms with E-state index in [1.54, 1.807) is 4.90 Å². The predicted molar refractivity (Wildman–Crippen MR) is 66.5 cm³/mol. The molecule has 1 fully saturated rings. The van der Waals surface area contributed by atoms with E-state index in [-0.39, 0.29) is 30.3 Å². The number of nitrogens with zero attached hydrogens (tertiary/aromatic N) is 1. The molecule has 7 heteroatoms. The summed E-state index contributed by atoms with van der Waals surface area (Å²) in [5.74, 6) is -1.39. The summed E-state index contributed by atoms with van der Waals surface area (Å²) in [5, 5.41) is 11.1. The number of methoxy groups -OCH3 is 1. The lowest BCUT2D eigenvalue weighted by atomic mass is 9.99. The maximum absolute atomic E-state index is 11.8. The van der Waals surface area contributed by atoms with E-state index in [0.29, 0.717) is 26.1 Å². The zero-order chi connectivity index (χ0) is 14.4. The van der Waals surface area contributed by atoms with E-state index in [2.05, 4.69) is 5.32 Å². The Kier molecular flexibility index (Phi) is 5.59. The van der Waals surface area contributed by atoms with E-state index in [0.717, 1.165) is 0 Å². The fourth-order valence-electron chi connectivity index (χ4n) is 2.14. The van der Waals surface area contributed by atoms with Crippen molar-refractivity contribution in [3.63, 3.8) is 0 Å². The van der Waals surface area contributed by atoms with Gasteiger partial charge in [-0.25, -0.2) is 4.79 Å². The first-order chi connectivity index (χ1) is 8.95. The predicted octanol–water partition coefficient (Wildman–Crippen LogP) is 0.302. The molecule has 0 aromatic rings. The van der Waals surface area contributed by atoms with Gasteiger partial charge in [0.1, 0.15) is 0 Å². The zero-order valence-electron chi connectivity index (χ0n) is 11.2. The van der Waals surface area contributed by atoms with Gasteiger partial charge in [0.2, 0.25) is 0 Å². The number of rotatable bonds is 5. The number of aliphatic carboxylic acids is 1. The number of ether oxygens (including phenoxy) is 1. The van der Waals surface area contributed by atoms with Crippen LogP contribution in [0.4, 0.5) is 4.79 Å². The van der Waals surface area contributed by atoms with Gasteiger partial charge >= 0.3 is 18.0 Å². The van der Waals surface area contributed by atoms with Crippen molar-refractivity contribution in [1.29, 1.82) is 0 Å². The first-order valence-electron chi connectivity index (χ1n) is 6.28. The first kappa shape index (κ1) is 15.3. The molecule has 1 saturated heterocycles. The topological polar surface area (TPSA) is 95.9 Å². The number of nitrogens with one attached hydrogen (secondary N) is 1. The van der Waals surface area contributed by atoms with Gasteiger partial charge in [0.25, 0.3) is 0 Å². The van der Waals surface area contributed by atoms with Gasteiger partial charge in [0.15, 0.2) is 0 Å². The molecule has 19 heavy (non-hydrogen) atoms. The smallest absolute Gasteiger partial charge is 0.317 e. The molecule has 108 valence electrons. The number of amides is 2. The van der Waals surface area contributed by atoms with Gasteiger partial charge in [-0.05, 0) is 12.3 Å². The van der Waals surface area contributed by atoms with Crippen LogP contribution in [0.15, 0.2) is 0 Å². The molecule has 1 heterocycles. The van der Waals surface area contributed by atoms with E-state index in [4.69, 9.17) is 9.84 Å². The SMILES string of the molecule is COC(=O)C1CN(C(=O)NCCCC(=O)O)CC1C. The van der Waals surface area contributed by atoms with Gasteiger partial charge in [0, 0.05) is 26.1 Å². The second-order valence-electron chi connectivity index (χ2n) is 4.74. The van der Waals surface area contributed by atoms with Crippen LogP contribution in [0.5, 0.6) is 0 Å². The molecule has 2 unspecified atom stereocenters. The average molecular weight is 272 g/mol. The molecule has 0 spiro atoms. The van der Waals surface area contributed by atoms with Gasteiger partial charge in [-0.1, -0.05) is 6.92 Å². The maximum atomic E-state index is 11.8. The number of hydrogen-bond acceptors (Lipinski definition) is 4. The second-order valence-corrected chi connectivity index (χ2v) is 4.74. The quantitative estimate of drug-likeness (QED) is 0.554. The Hall–Kier alpha value is -1.79. The molecule has 0 aromatic carbocycles. The molecule has 0 saturated carbocycles. The van der Waals surface area contributed by atoms with Crippen LogP contribution in [0.25, 0.3) is 0 Å². The van der Waals surface area contributed by atoms with Crippen molar-refractivity contribution >= 4 is 18.0 Å². The largest absolute Gasteiger partial charge is 0.481 e. The number of likely N-dealkylation sites (tertiary alicyclic amines) is 1. The van der Waals surface area contributed by atoms with Crippen molar-refractivity contribution in [2.24, 2.45) is 11.8 Å². The number of carboxylic acid groups (broad SMARTS) is 1. The lowest BCUT2D eigenvalue weighted by molar-refractivity contribution is -0.146. The average Bonchev–Trinajstić information content (AvgIpc) is 2.75. The molecular formula is C12H20N2O5. The van der Waals surface area contributed by atoms with Crippen LogP contribution < -0.4 is 5.32 Å². The molecule has 7 nitrogen and oxygen atoms in total. The Labute approximate surface area is 111 Å². The number of carbonyl (C=O) groups excluding carboxylic acids is 2. The minimum Gasteiger partial charge on any atom is -0.481 e. The van der Waals surface area contributed by atoms with Crippen LogP contribution in [-0.4, -0.2) is 54.7 Å². The van der Waals surface area contributed by atoms with Gasteiger partial charge < -0.3 is 20.1 Å². The number of urea groups is 1. The van der Waals surface area contributed by atoms with Crippen molar-refractivity contribution in [2.75, 3.05) is 26.7 Å². The van der Waals surface area contributed by atoms with Gasteiger partial charge in [0.05, 0.1) is 13.0 Å². The number of carboxylic acids is 1. The van der Waals surface area contributed by atoms with Crippen LogP contribution in [0.3, 0.4) is 0 Å². The van der Waals surface area contributed by atoms with Crippen LogP contribution in [-0.2, 0) is 14.3 Å². The molecule has 1 aliphatic heterocycles. The number of esters is 1. The Morgan fingerprint density at radius 2 is 2.05 bits per heavy atom. The lowest BCUT2D eigenvalue weighted by Gasteiger charge is -2.16. The first-order valence-corrected chi connectivity index (χ1v) is 6.28. The van der Waals surface area contributed by atoms with Crippen molar-refractivity contribution in [2.45, 2.75) is 19.8 Å². The summed E-state index contributed by atoms with van der Waals surface area (Å²) in [6, 6.07) is -0.261. The second kappa shape index (κ2) is 6.96. The fraction of sp³-hybridized carbons (Fsp3) is 0.750. The molecule has 0 bridgehead atoms. The highest BCUT2D eigenvalue weighted by molar-refractivity contribution is 5.78. The summed E-state index contributed by atoms with van der Waals surface area (Å²) >= 11 is 0. The molecule has 2 amide bonds. The lowest BCUT2D eigenvalue weighted by Crippen LogP contribution is -2.39. The monoisotopic (exact) mass is 272 g/mol. The van der Waals surface area contributed by atoms with Crippen LogP contribution in [0.2, 0.25) is 0 Å².